The second-order valence-electron chi connectivity index (χ2n) is 7.62. The normalized spacial score (nSPS) is 23.7. The average Bonchev–Trinajstić information content (AvgIpc) is 3.46. The summed E-state index contributed by atoms with van der Waals surface area (Å²) in [7, 11) is 5.22. The van der Waals surface area contributed by atoms with Crippen LogP contribution in [0.5, 0.6) is 11.5 Å². The predicted molar refractivity (Wildman–Crippen MR) is 113 cm³/mol. The highest BCUT2D eigenvalue weighted by atomic mass is 35.5. The van der Waals surface area contributed by atoms with Crippen LogP contribution in [0.25, 0.3) is 0 Å². The maximum absolute atomic E-state index is 13.5. The Labute approximate surface area is 177 Å². The molecule has 2 saturated heterocycles. The number of ether oxygens (including phenoxy) is 2. The largest absolute Gasteiger partial charge is 0.497 e. The van der Waals surface area contributed by atoms with E-state index in [1.807, 2.05) is 42.5 Å². The number of aromatic nitrogens is 2. The van der Waals surface area contributed by atoms with E-state index in [1.165, 1.54) is 0 Å². The molecular weight excluding hydrogens is 392 g/mol. The lowest BCUT2D eigenvalue weighted by Crippen LogP contribution is -2.38. The van der Waals surface area contributed by atoms with Crippen LogP contribution in [0.3, 0.4) is 0 Å². The third-order valence-electron chi connectivity index (χ3n) is 6.02. The van der Waals surface area contributed by atoms with Gasteiger partial charge in [0.05, 0.1) is 32.4 Å². The Bertz CT molecular complexity index is 856. The summed E-state index contributed by atoms with van der Waals surface area (Å²) >= 11 is 0. The maximum Gasteiger partial charge on any atom is 0.228 e. The Hall–Kier alpha value is -2.25. The van der Waals surface area contributed by atoms with Gasteiger partial charge >= 0.3 is 0 Å². The fourth-order valence-electron chi connectivity index (χ4n) is 4.58. The van der Waals surface area contributed by atoms with Crippen molar-refractivity contribution in [3.05, 3.63) is 41.7 Å². The summed E-state index contributed by atoms with van der Waals surface area (Å²) in [6, 6.07) is 5.91. The first-order chi connectivity index (χ1) is 13.6. The van der Waals surface area contributed by atoms with Crippen molar-refractivity contribution < 1.29 is 14.3 Å². The molecular formula is C21H29ClN4O3. The Morgan fingerprint density at radius 3 is 2.76 bits per heavy atom. The molecule has 1 amide bonds. The molecule has 1 unspecified atom stereocenters. The maximum atomic E-state index is 13.5. The van der Waals surface area contributed by atoms with Crippen LogP contribution < -0.4 is 14.8 Å². The van der Waals surface area contributed by atoms with Crippen molar-refractivity contribution in [2.45, 2.75) is 24.8 Å². The molecule has 2 fully saturated rings. The number of likely N-dealkylation sites (tertiary alicyclic amines) is 1. The van der Waals surface area contributed by atoms with Crippen LogP contribution in [-0.2, 0) is 11.8 Å². The van der Waals surface area contributed by atoms with E-state index in [4.69, 9.17) is 9.47 Å². The van der Waals surface area contributed by atoms with Crippen molar-refractivity contribution in [2.75, 3.05) is 33.9 Å². The van der Waals surface area contributed by atoms with E-state index < -0.39 is 0 Å². The Kier molecular flexibility index (Phi) is 6.70. The Morgan fingerprint density at radius 1 is 1.24 bits per heavy atom. The number of carbonyl (C=O) groups excluding carboxylic acids is 1. The summed E-state index contributed by atoms with van der Waals surface area (Å²) in [5, 5.41) is 7.69. The zero-order valence-corrected chi connectivity index (χ0v) is 17.9. The van der Waals surface area contributed by atoms with Crippen LogP contribution in [0, 0.1) is 5.92 Å². The van der Waals surface area contributed by atoms with Crippen LogP contribution in [0.15, 0.2) is 30.6 Å². The summed E-state index contributed by atoms with van der Waals surface area (Å²) in [6.07, 6.45) is 5.85. The number of hydrogen-bond acceptors (Lipinski definition) is 5. The Morgan fingerprint density at radius 2 is 2.07 bits per heavy atom. The number of halogens is 1. The van der Waals surface area contributed by atoms with Crippen LogP contribution >= 0.6 is 12.4 Å². The highest BCUT2D eigenvalue weighted by molar-refractivity contribution is 5.85. The number of nitrogens with zero attached hydrogens (tertiary/aromatic N) is 3. The first kappa shape index (κ1) is 21.5. The molecule has 4 rings (SSSR count). The lowest BCUT2D eigenvalue weighted by molar-refractivity contribution is -0.136. The molecule has 0 spiro atoms. The second kappa shape index (κ2) is 9.05. The minimum atomic E-state index is -0.0611. The van der Waals surface area contributed by atoms with E-state index >= 15 is 0 Å². The van der Waals surface area contributed by atoms with Gasteiger partial charge < -0.3 is 19.7 Å². The number of methoxy groups -OCH3 is 2. The zero-order valence-electron chi connectivity index (χ0n) is 17.1. The van der Waals surface area contributed by atoms with E-state index in [9.17, 15) is 4.79 Å². The molecule has 7 nitrogen and oxygen atoms in total. The third-order valence-corrected chi connectivity index (χ3v) is 6.02. The molecule has 0 saturated carbocycles. The van der Waals surface area contributed by atoms with Gasteiger partial charge in [0.15, 0.2) is 0 Å². The molecule has 29 heavy (non-hydrogen) atoms. The minimum absolute atomic E-state index is 0. The van der Waals surface area contributed by atoms with Gasteiger partial charge in [0, 0.05) is 50.4 Å². The van der Waals surface area contributed by atoms with Gasteiger partial charge in [-0.25, -0.2) is 0 Å². The SMILES string of the molecule is COc1ccc(C2CCCN2C(=O)[C@H]2CNC[C@@H]2c2cnn(C)c2)c(OC)c1.Cl. The molecule has 0 bridgehead atoms. The van der Waals surface area contributed by atoms with Crippen molar-refractivity contribution in [1.82, 2.24) is 20.0 Å². The number of nitrogens with one attached hydrogen (secondary N) is 1. The molecule has 3 heterocycles. The van der Waals surface area contributed by atoms with Crippen molar-refractivity contribution in [3.63, 3.8) is 0 Å². The summed E-state index contributed by atoms with van der Waals surface area (Å²) in [6.45, 7) is 2.31. The summed E-state index contributed by atoms with van der Waals surface area (Å²) < 4.78 is 12.7. The number of carbonyl (C=O) groups is 1. The number of rotatable bonds is 5. The van der Waals surface area contributed by atoms with Crippen molar-refractivity contribution in [2.24, 2.45) is 13.0 Å². The van der Waals surface area contributed by atoms with Crippen molar-refractivity contribution in [3.8, 4) is 11.5 Å². The molecule has 1 N–H and O–H groups in total. The van der Waals surface area contributed by atoms with Crippen molar-refractivity contribution >= 4 is 18.3 Å². The van der Waals surface area contributed by atoms with Crippen LogP contribution in [0.1, 0.15) is 35.9 Å². The van der Waals surface area contributed by atoms with E-state index in [2.05, 4.69) is 10.4 Å². The first-order valence-electron chi connectivity index (χ1n) is 9.84. The summed E-state index contributed by atoms with van der Waals surface area (Å²) in [5.74, 6) is 1.86. The average molecular weight is 421 g/mol. The molecule has 1 aromatic carbocycles. The summed E-state index contributed by atoms with van der Waals surface area (Å²) in [5.41, 5.74) is 2.18. The minimum Gasteiger partial charge on any atom is -0.497 e. The second-order valence-corrected chi connectivity index (χ2v) is 7.62. The van der Waals surface area contributed by atoms with Gasteiger partial charge in [-0.15, -0.1) is 12.4 Å². The standard InChI is InChI=1S/C21H28N4O3.ClH/c1-24-13-14(10-23-24)17-11-22-12-18(17)21(26)25-8-4-5-19(25)16-7-6-15(27-2)9-20(16)28-3;/h6-7,9-10,13,17-19,22H,4-5,8,11-12H2,1-3H3;1H/t17-,18+,19?;/m1./s1. The molecule has 8 heteroatoms. The third kappa shape index (κ3) is 4.07. The molecule has 2 aromatic rings. The van der Waals surface area contributed by atoms with Gasteiger partial charge in [0.25, 0.3) is 0 Å². The van der Waals surface area contributed by atoms with Gasteiger partial charge in [-0.1, -0.05) is 0 Å². The highest BCUT2D eigenvalue weighted by Gasteiger charge is 2.41. The molecule has 0 radical (unpaired) electrons. The van der Waals surface area contributed by atoms with Gasteiger partial charge in [-0.2, -0.15) is 5.10 Å². The Balaban J connectivity index is 0.00000240. The molecule has 158 valence electrons. The molecule has 0 aliphatic carbocycles. The van der Waals surface area contributed by atoms with Gasteiger partial charge in [-0.05, 0) is 30.5 Å². The van der Waals surface area contributed by atoms with Crippen LogP contribution in [-0.4, -0.2) is 54.4 Å². The topological polar surface area (TPSA) is 68.6 Å². The fraction of sp³-hybridized carbons (Fsp3) is 0.524. The zero-order chi connectivity index (χ0) is 19.7. The number of benzene rings is 1. The first-order valence-corrected chi connectivity index (χ1v) is 9.84. The summed E-state index contributed by atoms with van der Waals surface area (Å²) in [4.78, 5) is 15.6. The lowest BCUT2D eigenvalue weighted by Gasteiger charge is -2.30. The predicted octanol–water partition coefficient (Wildman–Crippen LogP) is 2.53. The van der Waals surface area contributed by atoms with E-state index in [1.54, 1.807) is 18.9 Å². The van der Waals surface area contributed by atoms with Gasteiger partial charge in [0.2, 0.25) is 5.91 Å². The molecule has 2 aliphatic rings. The van der Waals surface area contributed by atoms with Crippen LogP contribution in [0.4, 0.5) is 0 Å². The highest BCUT2D eigenvalue weighted by Crippen LogP contribution is 2.41. The van der Waals surface area contributed by atoms with Gasteiger partial charge in [0.1, 0.15) is 11.5 Å². The van der Waals surface area contributed by atoms with Gasteiger partial charge in [-0.3, -0.25) is 9.48 Å². The van der Waals surface area contributed by atoms with Crippen molar-refractivity contribution in [1.29, 1.82) is 0 Å². The molecule has 2 aliphatic heterocycles. The molecule has 3 atom stereocenters. The number of hydrogen-bond donors (Lipinski definition) is 1. The molecule has 1 aromatic heterocycles. The smallest absolute Gasteiger partial charge is 0.228 e. The monoisotopic (exact) mass is 420 g/mol. The number of aryl methyl sites for hydroxylation is 1. The lowest BCUT2D eigenvalue weighted by atomic mass is 9.89. The quantitative estimate of drug-likeness (QED) is 0.805. The fourth-order valence-corrected chi connectivity index (χ4v) is 4.58. The van der Waals surface area contributed by atoms with E-state index in [0.717, 1.165) is 48.6 Å². The number of amides is 1. The van der Waals surface area contributed by atoms with E-state index in [0.29, 0.717) is 6.54 Å². The van der Waals surface area contributed by atoms with E-state index in [-0.39, 0.29) is 36.2 Å². The van der Waals surface area contributed by atoms with Crippen LogP contribution in [0.2, 0.25) is 0 Å².